The van der Waals surface area contributed by atoms with Crippen molar-refractivity contribution in [3.8, 4) is 0 Å². The Morgan fingerprint density at radius 1 is 1.12 bits per heavy atom. The normalized spacial score (nSPS) is 18.9. The van der Waals surface area contributed by atoms with Crippen LogP contribution in [0.15, 0.2) is 36.9 Å². The zero-order valence-electron chi connectivity index (χ0n) is 30.3. The van der Waals surface area contributed by atoms with Crippen LogP contribution in [-0.2, 0) is 36.8 Å². The van der Waals surface area contributed by atoms with E-state index >= 15 is 0 Å². The van der Waals surface area contributed by atoms with Gasteiger partial charge in [-0.3, -0.25) is 23.9 Å². The second-order valence-electron chi connectivity index (χ2n) is 14.8. The molecule has 0 bridgehead atoms. The number of fused-ring (bicyclic) bond motifs is 1. The third-order valence-corrected chi connectivity index (χ3v) is 9.72. The minimum Gasteiger partial charge on any atom is -0.481 e. The fourth-order valence-corrected chi connectivity index (χ4v) is 6.53. The van der Waals surface area contributed by atoms with Gasteiger partial charge in [0.1, 0.15) is 18.6 Å². The Labute approximate surface area is 301 Å². The molecule has 0 radical (unpaired) electrons. The van der Waals surface area contributed by atoms with Crippen LogP contribution < -0.4 is 15.4 Å². The summed E-state index contributed by atoms with van der Waals surface area (Å²) in [5.74, 6) is -1.38. The van der Waals surface area contributed by atoms with E-state index < -0.39 is 36.0 Å². The lowest BCUT2D eigenvalue weighted by Crippen LogP contribution is -2.53. The minimum atomic E-state index is -0.772. The quantitative estimate of drug-likeness (QED) is 0.126. The molecule has 11 nitrogen and oxygen atoms in total. The maximum Gasteiger partial charge on any atom is 0.407 e. The second kappa shape index (κ2) is 19.6. The van der Waals surface area contributed by atoms with E-state index in [2.05, 4.69) is 48.8 Å². The van der Waals surface area contributed by atoms with Gasteiger partial charge in [0, 0.05) is 11.8 Å². The van der Waals surface area contributed by atoms with Crippen molar-refractivity contribution >= 4 is 47.8 Å². The number of carboxylic acid groups (broad SMARTS) is 1. The Morgan fingerprint density at radius 3 is 2.50 bits per heavy atom. The molecule has 1 saturated carbocycles. The average Bonchev–Trinajstić information content (AvgIpc) is 3.55. The number of aliphatic carboxylic acids is 1. The summed E-state index contributed by atoms with van der Waals surface area (Å²) in [5, 5.41) is 15.1. The van der Waals surface area contributed by atoms with Gasteiger partial charge in [0.2, 0.25) is 11.8 Å². The molecule has 3 atom stereocenters. The zero-order valence-corrected chi connectivity index (χ0v) is 31.1. The number of nitrogens with zero attached hydrogens (tertiary/aromatic N) is 1. The highest BCUT2D eigenvalue weighted by atomic mass is 32.2. The molecule has 0 aromatic heterocycles. The number of hydrogen-bond donors (Lipinski definition) is 4. The fraction of sp³-hybridized carbons (Fsp3) is 0.605. The van der Waals surface area contributed by atoms with Crippen molar-refractivity contribution in [2.24, 2.45) is 17.3 Å². The summed E-state index contributed by atoms with van der Waals surface area (Å²) in [7, 11) is 0. The van der Waals surface area contributed by atoms with Crippen LogP contribution in [0.2, 0.25) is 0 Å². The predicted octanol–water partition coefficient (Wildman–Crippen LogP) is 5.67. The molecule has 4 amide bonds. The van der Waals surface area contributed by atoms with Crippen LogP contribution in [0.4, 0.5) is 4.79 Å². The number of likely N-dealkylation sites (tertiary alicyclic amines) is 1. The lowest BCUT2D eigenvalue weighted by Gasteiger charge is -2.26. The maximum absolute atomic E-state index is 13.1. The summed E-state index contributed by atoms with van der Waals surface area (Å²) >= 11 is 1.37. The monoisotopic (exact) mass is 712 g/mol. The zero-order chi connectivity index (χ0) is 36.8. The first kappa shape index (κ1) is 40.6. The Kier molecular flexibility index (Phi) is 15.9. The van der Waals surface area contributed by atoms with Crippen molar-refractivity contribution in [1.82, 2.24) is 20.3 Å². The third kappa shape index (κ3) is 13.5. The van der Waals surface area contributed by atoms with E-state index in [0.29, 0.717) is 37.5 Å². The molecule has 1 aromatic carbocycles. The van der Waals surface area contributed by atoms with Gasteiger partial charge in [-0.2, -0.15) is 0 Å². The molecule has 12 heteroatoms. The summed E-state index contributed by atoms with van der Waals surface area (Å²) in [6, 6.07) is 4.46. The summed E-state index contributed by atoms with van der Waals surface area (Å²) in [5.41, 5.74) is 2.92. The van der Waals surface area contributed by atoms with Gasteiger partial charge in [0.25, 0.3) is 5.91 Å². The lowest BCUT2D eigenvalue weighted by atomic mass is 9.88. The number of carboxylic acids is 1. The van der Waals surface area contributed by atoms with E-state index in [1.165, 1.54) is 16.8 Å². The van der Waals surface area contributed by atoms with Gasteiger partial charge in [-0.25, -0.2) is 4.79 Å². The molecule has 3 aliphatic rings. The highest BCUT2D eigenvalue weighted by Gasteiger charge is 2.36. The summed E-state index contributed by atoms with van der Waals surface area (Å²) in [6.07, 6.45) is 11.1. The van der Waals surface area contributed by atoms with Crippen molar-refractivity contribution in [3.05, 3.63) is 53.6 Å². The smallest absolute Gasteiger partial charge is 0.407 e. The second-order valence-corrected chi connectivity index (χ2v) is 15.9. The Morgan fingerprint density at radius 2 is 1.84 bits per heavy atom. The van der Waals surface area contributed by atoms with Gasteiger partial charge in [-0.05, 0) is 97.8 Å². The SMILES string of the molecule is C=CCC(NC(=O)C1CCCN1C(=O)CNC(=O)OCC(C)(C)CC/C=C/c1cccc2c1CC(C(=O)O)C2)C(=O)NSC1CC1.CC(C)C. The molecular formula is C38H56N4O7S. The lowest BCUT2D eigenvalue weighted by molar-refractivity contribution is -0.141. The molecule has 0 spiro atoms. The Bertz CT molecular complexity index is 1390. The minimum absolute atomic E-state index is 0.155. The molecule has 2 fully saturated rings. The molecule has 4 rings (SSSR count). The highest BCUT2D eigenvalue weighted by Crippen LogP contribution is 2.32. The Hall–Kier alpha value is -3.80. The number of allylic oxidation sites excluding steroid dienone is 1. The van der Waals surface area contributed by atoms with E-state index in [1.54, 1.807) is 6.08 Å². The number of hydrogen-bond acceptors (Lipinski definition) is 7. The van der Waals surface area contributed by atoms with Crippen LogP contribution in [0.5, 0.6) is 0 Å². The molecule has 50 heavy (non-hydrogen) atoms. The number of amides is 4. The van der Waals surface area contributed by atoms with Gasteiger partial charge in [-0.15, -0.1) is 6.58 Å². The first-order chi connectivity index (χ1) is 23.7. The van der Waals surface area contributed by atoms with Gasteiger partial charge in [0.05, 0.1) is 12.5 Å². The third-order valence-electron chi connectivity index (χ3n) is 8.60. The van der Waals surface area contributed by atoms with E-state index in [9.17, 15) is 29.1 Å². The first-order valence-electron chi connectivity index (χ1n) is 17.8. The molecule has 1 aromatic rings. The fourth-order valence-electron chi connectivity index (χ4n) is 5.73. The van der Waals surface area contributed by atoms with Crippen LogP contribution in [0.1, 0.15) is 96.3 Å². The van der Waals surface area contributed by atoms with Gasteiger partial charge < -0.3 is 25.4 Å². The molecule has 1 saturated heterocycles. The summed E-state index contributed by atoms with van der Waals surface area (Å²) < 4.78 is 8.22. The van der Waals surface area contributed by atoms with Crippen molar-refractivity contribution in [1.29, 1.82) is 0 Å². The topological polar surface area (TPSA) is 154 Å². The van der Waals surface area contributed by atoms with E-state index in [-0.39, 0.29) is 36.8 Å². The maximum atomic E-state index is 13.1. The Balaban J connectivity index is 0.00000160. The number of carbonyl (C=O) groups is 5. The van der Waals surface area contributed by atoms with Crippen molar-refractivity contribution in [3.63, 3.8) is 0 Å². The standard InChI is InChI=1S/C34H46N4O7S.C4H10/c1-4-9-27(30(40)37-46-25-14-15-25)36-31(41)28-13-8-17-38(28)29(39)20-35-33(44)45-21-34(2,3)16-6-5-10-22-11-7-12-23-18-24(32(42)43)19-26(22)23;1-4(2)3/h4-5,7,10-12,24-25,27-28H,1,6,8-9,13-21H2,2-3H3,(H,35,44)(H,36,41)(H,37,40)(H,42,43);4H,1-3H3/b10-5+;. The number of nitrogens with one attached hydrogen (secondary N) is 3. The van der Waals surface area contributed by atoms with E-state index in [0.717, 1.165) is 48.3 Å². The van der Waals surface area contributed by atoms with Crippen LogP contribution in [-0.4, -0.2) is 76.8 Å². The van der Waals surface area contributed by atoms with Crippen LogP contribution >= 0.6 is 11.9 Å². The van der Waals surface area contributed by atoms with Crippen molar-refractivity contribution < 1.29 is 33.8 Å². The van der Waals surface area contributed by atoms with Crippen molar-refractivity contribution in [2.75, 3.05) is 19.7 Å². The number of rotatable bonds is 16. The molecule has 3 unspecified atom stereocenters. The number of carbonyl (C=O) groups excluding carboxylic acids is 4. The van der Waals surface area contributed by atoms with Crippen molar-refractivity contribution in [2.45, 2.75) is 110 Å². The molecule has 1 aliphatic heterocycles. The van der Waals surface area contributed by atoms with E-state index in [1.807, 2.05) is 38.1 Å². The van der Waals surface area contributed by atoms with Crippen LogP contribution in [0.3, 0.4) is 0 Å². The van der Waals surface area contributed by atoms with Crippen LogP contribution in [0.25, 0.3) is 6.08 Å². The highest BCUT2D eigenvalue weighted by molar-refractivity contribution is 7.98. The number of alkyl carbamates (subject to hydrolysis) is 1. The van der Waals surface area contributed by atoms with E-state index in [4.69, 9.17) is 4.74 Å². The molecular weight excluding hydrogens is 657 g/mol. The predicted molar refractivity (Wildman–Crippen MR) is 197 cm³/mol. The van der Waals surface area contributed by atoms with Crippen LogP contribution in [0, 0.1) is 17.3 Å². The largest absolute Gasteiger partial charge is 0.481 e. The molecule has 276 valence electrons. The number of benzene rings is 1. The first-order valence-corrected chi connectivity index (χ1v) is 18.7. The molecule has 2 aliphatic carbocycles. The summed E-state index contributed by atoms with van der Waals surface area (Å²) in [4.78, 5) is 63.9. The molecule has 4 N–H and O–H groups in total. The summed E-state index contributed by atoms with van der Waals surface area (Å²) in [6.45, 7) is 14.4. The van der Waals surface area contributed by atoms with Gasteiger partial charge in [0.15, 0.2) is 0 Å². The van der Waals surface area contributed by atoms with Gasteiger partial charge in [-0.1, -0.05) is 71.0 Å². The van der Waals surface area contributed by atoms with Gasteiger partial charge >= 0.3 is 12.1 Å². The molecule has 1 heterocycles. The average molecular weight is 713 g/mol. The number of ether oxygens (including phenoxy) is 1.